The third-order valence-corrected chi connectivity index (χ3v) is 6.59. The zero-order valence-corrected chi connectivity index (χ0v) is 15.4. The van der Waals surface area contributed by atoms with Gasteiger partial charge in [-0.25, -0.2) is 4.98 Å². The van der Waals surface area contributed by atoms with Crippen molar-refractivity contribution in [3.8, 4) is 0 Å². The summed E-state index contributed by atoms with van der Waals surface area (Å²) in [4.78, 5) is 31.7. The van der Waals surface area contributed by atoms with Crippen molar-refractivity contribution in [1.82, 2.24) is 9.55 Å². The smallest absolute Gasteiger partial charge is 0.326 e. The highest BCUT2D eigenvalue weighted by atomic mass is 32.1. The lowest BCUT2D eigenvalue weighted by Crippen LogP contribution is -2.29. The van der Waals surface area contributed by atoms with Crippen LogP contribution in [-0.2, 0) is 28.9 Å². The van der Waals surface area contributed by atoms with E-state index in [1.807, 2.05) is 0 Å². The zero-order valence-electron chi connectivity index (χ0n) is 14.6. The fourth-order valence-electron chi connectivity index (χ4n) is 4.02. The standard InChI is InChI=1S/C19H24N2O3S/c1-12-7-8-14-15(9-12)25-18-17(14)19(23)21(11-20-18)10-16(22)24-13-5-3-2-4-6-13/h11-13H,2-10H2,1H3/t12-/m0/s1. The van der Waals surface area contributed by atoms with Crippen LogP contribution in [0.3, 0.4) is 0 Å². The largest absolute Gasteiger partial charge is 0.461 e. The van der Waals surface area contributed by atoms with Crippen molar-refractivity contribution in [2.75, 3.05) is 0 Å². The summed E-state index contributed by atoms with van der Waals surface area (Å²) in [5.41, 5.74) is 1.06. The molecule has 1 atom stereocenters. The molecule has 1 fully saturated rings. The Bertz CT molecular complexity index is 848. The number of carbonyl (C=O) groups is 1. The van der Waals surface area contributed by atoms with E-state index in [2.05, 4.69) is 11.9 Å². The monoisotopic (exact) mass is 360 g/mol. The number of hydrogen-bond acceptors (Lipinski definition) is 5. The number of carbonyl (C=O) groups excluding carboxylic acids is 1. The molecule has 1 saturated carbocycles. The molecule has 0 aromatic carbocycles. The van der Waals surface area contributed by atoms with Crippen molar-refractivity contribution >= 4 is 27.5 Å². The van der Waals surface area contributed by atoms with E-state index >= 15 is 0 Å². The van der Waals surface area contributed by atoms with E-state index in [4.69, 9.17) is 4.74 Å². The summed E-state index contributed by atoms with van der Waals surface area (Å²) in [6.07, 6.45) is 9.91. The number of aryl methyl sites for hydroxylation is 1. The van der Waals surface area contributed by atoms with Gasteiger partial charge >= 0.3 is 5.97 Å². The van der Waals surface area contributed by atoms with Crippen molar-refractivity contribution in [3.63, 3.8) is 0 Å². The maximum Gasteiger partial charge on any atom is 0.326 e. The molecule has 2 aromatic heterocycles. The first-order valence-corrected chi connectivity index (χ1v) is 10.1. The van der Waals surface area contributed by atoms with Gasteiger partial charge in [0.15, 0.2) is 0 Å². The minimum Gasteiger partial charge on any atom is -0.461 e. The Kier molecular flexibility index (Phi) is 4.63. The van der Waals surface area contributed by atoms with Crippen LogP contribution in [0, 0.1) is 5.92 Å². The van der Waals surface area contributed by atoms with Crippen LogP contribution in [-0.4, -0.2) is 21.6 Å². The summed E-state index contributed by atoms with van der Waals surface area (Å²) < 4.78 is 6.96. The fourth-order valence-corrected chi connectivity index (χ4v) is 5.36. The highest BCUT2D eigenvalue weighted by Crippen LogP contribution is 2.35. The average molecular weight is 360 g/mol. The number of thiophene rings is 1. The Morgan fingerprint density at radius 2 is 2.12 bits per heavy atom. The lowest BCUT2D eigenvalue weighted by Gasteiger charge is -2.21. The SMILES string of the molecule is C[C@H]1CCc2c(sc3ncn(CC(=O)OC4CCCCC4)c(=O)c23)C1. The first-order valence-electron chi connectivity index (χ1n) is 9.31. The molecule has 0 radical (unpaired) electrons. The van der Waals surface area contributed by atoms with Crippen molar-refractivity contribution < 1.29 is 9.53 Å². The van der Waals surface area contributed by atoms with Gasteiger partial charge in [0, 0.05) is 4.88 Å². The molecule has 0 aliphatic heterocycles. The molecule has 0 unspecified atom stereocenters. The molecule has 2 aromatic rings. The van der Waals surface area contributed by atoms with E-state index in [-0.39, 0.29) is 24.2 Å². The maximum absolute atomic E-state index is 12.9. The maximum atomic E-state index is 12.9. The van der Waals surface area contributed by atoms with Crippen molar-refractivity contribution in [3.05, 3.63) is 27.1 Å². The first kappa shape index (κ1) is 16.8. The van der Waals surface area contributed by atoms with E-state index in [1.165, 1.54) is 22.2 Å². The lowest BCUT2D eigenvalue weighted by atomic mass is 9.89. The van der Waals surface area contributed by atoms with E-state index < -0.39 is 0 Å². The second-order valence-electron chi connectivity index (χ2n) is 7.46. The lowest BCUT2D eigenvalue weighted by molar-refractivity contribution is -0.151. The zero-order chi connectivity index (χ0) is 17.4. The van der Waals surface area contributed by atoms with Crippen molar-refractivity contribution in [1.29, 1.82) is 0 Å². The summed E-state index contributed by atoms with van der Waals surface area (Å²) in [6, 6.07) is 0. The first-order chi connectivity index (χ1) is 12.1. The number of aromatic nitrogens is 2. The summed E-state index contributed by atoms with van der Waals surface area (Å²) in [5.74, 6) is 0.334. The van der Waals surface area contributed by atoms with Crippen LogP contribution in [0.4, 0.5) is 0 Å². The fraction of sp³-hybridized carbons (Fsp3) is 0.632. The summed E-state index contributed by atoms with van der Waals surface area (Å²) in [7, 11) is 0. The van der Waals surface area contributed by atoms with Crippen LogP contribution >= 0.6 is 11.3 Å². The minimum atomic E-state index is -0.326. The van der Waals surface area contributed by atoms with Crippen LogP contribution in [0.1, 0.15) is 55.9 Å². The predicted molar refractivity (Wildman–Crippen MR) is 98.0 cm³/mol. The summed E-state index contributed by atoms with van der Waals surface area (Å²) in [5, 5.41) is 0.722. The van der Waals surface area contributed by atoms with E-state index in [1.54, 1.807) is 11.3 Å². The summed E-state index contributed by atoms with van der Waals surface area (Å²) in [6.45, 7) is 2.21. The quantitative estimate of drug-likeness (QED) is 0.787. The number of rotatable bonds is 3. The molecule has 2 aliphatic rings. The van der Waals surface area contributed by atoms with Gasteiger partial charge in [-0.2, -0.15) is 0 Å². The van der Waals surface area contributed by atoms with Crippen LogP contribution in [0.2, 0.25) is 0 Å². The van der Waals surface area contributed by atoms with Gasteiger partial charge in [-0.05, 0) is 56.4 Å². The second kappa shape index (κ2) is 6.90. The van der Waals surface area contributed by atoms with E-state index in [9.17, 15) is 9.59 Å². The molecule has 4 rings (SSSR count). The molecular weight excluding hydrogens is 336 g/mol. The van der Waals surface area contributed by atoms with Crippen LogP contribution in [0.25, 0.3) is 10.2 Å². The topological polar surface area (TPSA) is 61.2 Å². The molecule has 0 spiro atoms. The minimum absolute atomic E-state index is 0.0176. The molecular formula is C19H24N2O3S. The molecule has 2 heterocycles. The second-order valence-corrected chi connectivity index (χ2v) is 8.54. The molecule has 2 aliphatic carbocycles. The Labute approximate surface area is 151 Å². The molecule has 25 heavy (non-hydrogen) atoms. The van der Waals surface area contributed by atoms with Gasteiger partial charge in [-0.3, -0.25) is 14.2 Å². The van der Waals surface area contributed by atoms with Gasteiger partial charge in [0.2, 0.25) is 0 Å². The number of fused-ring (bicyclic) bond motifs is 3. The van der Waals surface area contributed by atoms with Gasteiger partial charge in [0.1, 0.15) is 17.5 Å². The Morgan fingerprint density at radius 3 is 2.92 bits per heavy atom. The van der Waals surface area contributed by atoms with Gasteiger partial charge < -0.3 is 4.74 Å². The molecule has 0 saturated heterocycles. The highest BCUT2D eigenvalue weighted by molar-refractivity contribution is 7.18. The number of esters is 1. The third-order valence-electron chi connectivity index (χ3n) is 5.43. The van der Waals surface area contributed by atoms with Crippen LogP contribution < -0.4 is 5.56 Å². The van der Waals surface area contributed by atoms with Crippen LogP contribution in [0.15, 0.2) is 11.1 Å². The molecule has 134 valence electrons. The Morgan fingerprint density at radius 1 is 1.32 bits per heavy atom. The van der Waals surface area contributed by atoms with Gasteiger partial charge in [0.05, 0.1) is 11.7 Å². The Hall–Kier alpha value is -1.69. The molecule has 0 amide bonds. The van der Waals surface area contributed by atoms with Crippen molar-refractivity contribution in [2.45, 2.75) is 70.9 Å². The summed E-state index contributed by atoms with van der Waals surface area (Å²) >= 11 is 1.63. The molecule has 5 nitrogen and oxygen atoms in total. The highest BCUT2D eigenvalue weighted by Gasteiger charge is 2.24. The van der Waals surface area contributed by atoms with Crippen LogP contribution in [0.5, 0.6) is 0 Å². The van der Waals surface area contributed by atoms with Gasteiger partial charge in [-0.1, -0.05) is 13.3 Å². The molecule has 0 bridgehead atoms. The Balaban J connectivity index is 1.57. The predicted octanol–water partition coefficient (Wildman–Crippen LogP) is 3.46. The molecule has 0 N–H and O–H groups in total. The normalized spacial score (nSPS) is 21.2. The average Bonchev–Trinajstić information content (AvgIpc) is 2.96. The number of ether oxygens (including phenoxy) is 1. The number of hydrogen-bond donors (Lipinski definition) is 0. The van der Waals surface area contributed by atoms with E-state index in [0.29, 0.717) is 5.92 Å². The van der Waals surface area contributed by atoms with Gasteiger partial charge in [0.25, 0.3) is 5.56 Å². The van der Waals surface area contributed by atoms with Crippen molar-refractivity contribution in [2.24, 2.45) is 5.92 Å². The number of nitrogens with zero attached hydrogens (tertiary/aromatic N) is 2. The third kappa shape index (κ3) is 3.36. The van der Waals surface area contributed by atoms with E-state index in [0.717, 1.165) is 60.7 Å². The van der Waals surface area contributed by atoms with Gasteiger partial charge in [-0.15, -0.1) is 11.3 Å². The molecule has 6 heteroatoms.